The van der Waals surface area contributed by atoms with Crippen molar-refractivity contribution in [3.8, 4) is 5.75 Å². The number of ether oxygens (including phenoxy) is 1. The lowest BCUT2D eigenvalue weighted by atomic mass is 9.94. The van der Waals surface area contributed by atoms with Crippen LogP contribution in [0, 0.1) is 0 Å². The predicted octanol–water partition coefficient (Wildman–Crippen LogP) is 4.39. The molecule has 1 fully saturated rings. The number of ketones is 1. The number of phenols is 1. The summed E-state index contributed by atoms with van der Waals surface area (Å²) in [7, 11) is 0. The second-order valence-corrected chi connectivity index (χ2v) is 8.07. The Bertz CT molecular complexity index is 1210. The van der Waals surface area contributed by atoms with Crippen LogP contribution in [0.25, 0.3) is 16.5 Å². The number of rotatable bonds is 6. The van der Waals surface area contributed by atoms with Crippen LogP contribution >= 0.6 is 0 Å². The van der Waals surface area contributed by atoms with Gasteiger partial charge in [0.05, 0.1) is 24.3 Å². The van der Waals surface area contributed by atoms with Crippen molar-refractivity contribution in [1.29, 1.82) is 0 Å². The van der Waals surface area contributed by atoms with Crippen LogP contribution in [0.4, 0.5) is 0 Å². The van der Waals surface area contributed by atoms with E-state index in [2.05, 4.69) is 0 Å². The van der Waals surface area contributed by atoms with Gasteiger partial charge < -0.3 is 19.8 Å². The molecule has 3 aromatic carbocycles. The lowest BCUT2D eigenvalue weighted by molar-refractivity contribution is -0.140. The summed E-state index contributed by atoms with van der Waals surface area (Å²) >= 11 is 0. The molecule has 164 valence electrons. The summed E-state index contributed by atoms with van der Waals surface area (Å²) in [5, 5.41) is 23.1. The Morgan fingerprint density at radius 1 is 1.00 bits per heavy atom. The van der Waals surface area contributed by atoms with Gasteiger partial charge in [-0.2, -0.15) is 0 Å². The Labute approximate surface area is 186 Å². The molecule has 1 aliphatic heterocycles. The number of carbonyl (C=O) groups excluding carboxylic acids is 2. The molecule has 1 saturated heterocycles. The fraction of sp³-hybridized carbons (Fsp3) is 0.231. The predicted molar refractivity (Wildman–Crippen MR) is 122 cm³/mol. The van der Waals surface area contributed by atoms with Crippen LogP contribution < -0.4 is 0 Å². The van der Waals surface area contributed by atoms with Gasteiger partial charge in [-0.05, 0) is 48.4 Å². The Morgan fingerprint density at radius 3 is 2.47 bits per heavy atom. The van der Waals surface area contributed by atoms with E-state index in [1.54, 1.807) is 24.3 Å². The third-order valence-electron chi connectivity index (χ3n) is 5.53. The Kier molecular flexibility index (Phi) is 5.97. The summed E-state index contributed by atoms with van der Waals surface area (Å²) in [6.07, 6.45) is -0.0244. The number of likely N-dealkylation sites (tertiary alicyclic amines) is 1. The average Bonchev–Trinajstić information content (AvgIpc) is 3.03. The largest absolute Gasteiger partial charge is 0.508 e. The van der Waals surface area contributed by atoms with Crippen LogP contribution in [-0.2, 0) is 14.3 Å². The maximum Gasteiger partial charge on any atom is 0.295 e. The second kappa shape index (κ2) is 8.85. The number of hydrogen-bond acceptors (Lipinski definition) is 5. The highest BCUT2D eigenvalue weighted by Crippen LogP contribution is 2.40. The highest BCUT2D eigenvalue weighted by Gasteiger charge is 2.46. The van der Waals surface area contributed by atoms with Crippen molar-refractivity contribution in [1.82, 2.24) is 4.90 Å². The van der Waals surface area contributed by atoms with Gasteiger partial charge in [0.2, 0.25) is 0 Å². The van der Waals surface area contributed by atoms with Crippen molar-refractivity contribution < 1.29 is 24.5 Å². The summed E-state index contributed by atoms with van der Waals surface area (Å²) in [6, 6.07) is 18.6. The Morgan fingerprint density at radius 2 is 1.75 bits per heavy atom. The van der Waals surface area contributed by atoms with Gasteiger partial charge in [0, 0.05) is 12.1 Å². The molecule has 1 unspecified atom stereocenters. The number of carbonyl (C=O) groups is 2. The molecule has 3 aromatic rings. The molecule has 1 aliphatic rings. The summed E-state index contributed by atoms with van der Waals surface area (Å²) < 4.78 is 5.59. The van der Waals surface area contributed by atoms with Crippen LogP contribution in [0.3, 0.4) is 0 Å². The normalized spacial score (nSPS) is 18.1. The van der Waals surface area contributed by atoms with Crippen LogP contribution in [0.1, 0.15) is 31.0 Å². The van der Waals surface area contributed by atoms with E-state index in [0.29, 0.717) is 11.1 Å². The van der Waals surface area contributed by atoms with E-state index in [9.17, 15) is 19.8 Å². The Balaban J connectivity index is 1.82. The van der Waals surface area contributed by atoms with Crippen LogP contribution in [0.15, 0.2) is 72.3 Å². The molecule has 0 spiro atoms. The molecule has 1 amide bonds. The minimum Gasteiger partial charge on any atom is -0.508 e. The third-order valence-corrected chi connectivity index (χ3v) is 5.53. The van der Waals surface area contributed by atoms with Gasteiger partial charge >= 0.3 is 0 Å². The van der Waals surface area contributed by atoms with Gasteiger partial charge in [-0.1, -0.05) is 48.5 Å². The monoisotopic (exact) mass is 431 g/mol. The standard InChI is InChI=1S/C26H25NO5/c1-16(2)32-13-12-27-23(19-8-5-9-21(28)15-19)22(25(30)26(27)31)24(29)20-11-10-17-6-3-4-7-18(17)14-20/h3-11,14-16,23,28-29H,12-13H2,1-2H3/b24-22-. The first kappa shape index (κ1) is 21.6. The van der Waals surface area contributed by atoms with Gasteiger partial charge in [0.15, 0.2) is 0 Å². The van der Waals surface area contributed by atoms with E-state index in [1.165, 1.54) is 17.0 Å². The van der Waals surface area contributed by atoms with Crippen molar-refractivity contribution >= 4 is 28.2 Å². The first-order valence-electron chi connectivity index (χ1n) is 10.5. The zero-order chi connectivity index (χ0) is 22.8. The van der Waals surface area contributed by atoms with Gasteiger partial charge in [-0.25, -0.2) is 0 Å². The quantitative estimate of drug-likeness (QED) is 0.343. The SMILES string of the molecule is CC(C)OCCN1C(=O)C(=O)/C(=C(\O)c2ccc3ccccc3c2)C1c1cccc(O)c1. The molecule has 0 aromatic heterocycles. The van der Waals surface area contributed by atoms with Gasteiger partial charge in [-0.3, -0.25) is 9.59 Å². The first-order chi connectivity index (χ1) is 15.4. The number of amides is 1. The van der Waals surface area contributed by atoms with Crippen LogP contribution in [0.5, 0.6) is 5.75 Å². The van der Waals surface area contributed by atoms with Crippen LogP contribution in [-0.4, -0.2) is 46.1 Å². The second-order valence-electron chi connectivity index (χ2n) is 8.07. The average molecular weight is 431 g/mol. The molecule has 6 nitrogen and oxygen atoms in total. The van der Waals surface area contributed by atoms with Crippen molar-refractivity contribution in [3.05, 3.63) is 83.4 Å². The van der Waals surface area contributed by atoms with Crippen molar-refractivity contribution in [2.75, 3.05) is 13.2 Å². The molecule has 32 heavy (non-hydrogen) atoms. The minimum atomic E-state index is -0.829. The van der Waals surface area contributed by atoms with E-state index in [-0.39, 0.29) is 36.3 Å². The smallest absolute Gasteiger partial charge is 0.295 e. The molecule has 0 bridgehead atoms. The fourth-order valence-electron chi connectivity index (χ4n) is 4.03. The molecule has 1 heterocycles. The van der Waals surface area contributed by atoms with E-state index < -0.39 is 17.7 Å². The lowest BCUT2D eigenvalue weighted by Crippen LogP contribution is -2.33. The molecule has 0 saturated carbocycles. The summed E-state index contributed by atoms with van der Waals surface area (Å²) in [4.78, 5) is 27.4. The van der Waals surface area contributed by atoms with Crippen molar-refractivity contribution in [2.45, 2.75) is 26.0 Å². The zero-order valence-electron chi connectivity index (χ0n) is 18.0. The number of benzene rings is 3. The molecular formula is C26H25NO5. The molecule has 0 aliphatic carbocycles. The maximum atomic E-state index is 13.0. The number of nitrogens with zero attached hydrogens (tertiary/aromatic N) is 1. The first-order valence-corrected chi connectivity index (χ1v) is 10.5. The van der Waals surface area contributed by atoms with Gasteiger partial charge in [0.1, 0.15) is 11.5 Å². The number of fused-ring (bicyclic) bond motifs is 1. The van der Waals surface area contributed by atoms with Gasteiger partial charge in [-0.15, -0.1) is 0 Å². The van der Waals surface area contributed by atoms with E-state index in [1.807, 2.05) is 44.2 Å². The Hall–Kier alpha value is -3.64. The number of aromatic hydroxyl groups is 1. The number of aliphatic hydroxyl groups is 1. The highest BCUT2D eigenvalue weighted by molar-refractivity contribution is 6.46. The molecule has 6 heteroatoms. The third kappa shape index (κ3) is 4.09. The maximum absolute atomic E-state index is 13.0. The summed E-state index contributed by atoms with van der Waals surface area (Å²) in [5.74, 6) is -1.69. The van der Waals surface area contributed by atoms with E-state index >= 15 is 0 Å². The van der Waals surface area contributed by atoms with Gasteiger partial charge in [0.25, 0.3) is 11.7 Å². The summed E-state index contributed by atoms with van der Waals surface area (Å²) in [6.45, 7) is 4.20. The fourth-order valence-corrected chi connectivity index (χ4v) is 4.03. The topological polar surface area (TPSA) is 87.1 Å². The summed E-state index contributed by atoms with van der Waals surface area (Å²) in [5.41, 5.74) is 0.988. The minimum absolute atomic E-state index is 0.000396. The number of aliphatic hydroxyl groups excluding tert-OH is 1. The number of hydrogen-bond donors (Lipinski definition) is 2. The molecular weight excluding hydrogens is 406 g/mol. The number of phenolic OH excluding ortho intramolecular Hbond substituents is 1. The van der Waals surface area contributed by atoms with Crippen molar-refractivity contribution in [3.63, 3.8) is 0 Å². The van der Waals surface area contributed by atoms with Crippen LogP contribution in [0.2, 0.25) is 0 Å². The van der Waals surface area contributed by atoms with Crippen molar-refractivity contribution in [2.24, 2.45) is 0 Å². The molecule has 2 N–H and O–H groups in total. The molecule has 4 rings (SSSR count). The lowest BCUT2D eigenvalue weighted by Gasteiger charge is -2.25. The van der Waals surface area contributed by atoms with E-state index in [4.69, 9.17) is 4.74 Å². The zero-order valence-corrected chi connectivity index (χ0v) is 18.0. The molecule has 1 atom stereocenters. The molecule has 0 radical (unpaired) electrons. The number of Topliss-reactive ketones (excluding diaryl/α,β-unsaturated/α-hetero) is 1. The highest BCUT2D eigenvalue weighted by atomic mass is 16.5. The van der Waals surface area contributed by atoms with E-state index in [0.717, 1.165) is 10.8 Å².